The molecule has 0 N–H and O–H groups in total. The quantitative estimate of drug-likeness (QED) is 0.377. The van der Waals surface area contributed by atoms with Gasteiger partial charge in [0.25, 0.3) is 6.17 Å². The van der Waals surface area contributed by atoms with Gasteiger partial charge in [0.2, 0.25) is 0 Å². The molecule has 0 aromatic rings. The SMILES string of the molecule is O=S(=O)([O-])C(F)(F)C(F)(F)C(F)(F)C(F)(F)C(F)C(F)(F)F.[Li+]. The maximum absolute atomic E-state index is 12.7. The van der Waals surface area contributed by atoms with Crippen LogP contribution in [0.5, 0.6) is 0 Å². The van der Waals surface area contributed by atoms with E-state index in [1.165, 1.54) is 0 Å². The van der Waals surface area contributed by atoms with Gasteiger partial charge in [-0.15, -0.1) is 0 Å². The minimum atomic E-state index is -7.88. The Kier molecular flexibility index (Phi) is 6.71. The zero-order valence-electron chi connectivity index (χ0n) is 10.2. The van der Waals surface area contributed by atoms with Gasteiger partial charge < -0.3 is 4.55 Å². The molecule has 0 spiro atoms. The summed E-state index contributed by atoms with van der Waals surface area (Å²) in [6.45, 7) is 0. The standard InChI is InChI=1S/C6H2F12O3S.Li/c7-1(3(10,11)12)2(8,9)4(13,14)5(15,16)6(17,18)22(19,20)21;/h1H,(H,19,20,21);/q;+1/p-1. The Bertz CT molecular complexity index is 525. The van der Waals surface area contributed by atoms with Gasteiger partial charge in [-0.05, 0) is 0 Å². The van der Waals surface area contributed by atoms with Gasteiger partial charge in [-0.1, -0.05) is 0 Å². The van der Waals surface area contributed by atoms with Gasteiger partial charge >= 0.3 is 48.1 Å². The topological polar surface area (TPSA) is 57.2 Å². The number of hydrogen-bond donors (Lipinski definition) is 0. The van der Waals surface area contributed by atoms with Gasteiger partial charge in [-0.3, -0.25) is 0 Å². The fraction of sp³-hybridized carbons (Fsp3) is 1.00. The predicted octanol–water partition coefficient (Wildman–Crippen LogP) is -0.0653. The predicted molar refractivity (Wildman–Crippen MR) is 40.4 cm³/mol. The van der Waals surface area contributed by atoms with Crippen LogP contribution in [0.25, 0.3) is 0 Å². The van der Waals surface area contributed by atoms with Crippen LogP contribution in [0.2, 0.25) is 0 Å². The summed E-state index contributed by atoms with van der Waals surface area (Å²) in [4.78, 5) is 0. The summed E-state index contributed by atoms with van der Waals surface area (Å²) in [7, 11) is -7.72. The monoisotopic (exact) mass is 388 g/mol. The number of alkyl halides is 12. The van der Waals surface area contributed by atoms with Gasteiger partial charge in [-0.2, -0.15) is 48.3 Å². The molecule has 0 rings (SSSR count). The van der Waals surface area contributed by atoms with E-state index in [9.17, 15) is 65.7 Å². The van der Waals surface area contributed by atoms with Crippen LogP contribution in [0.3, 0.4) is 0 Å². The Morgan fingerprint density at radius 2 is 1.04 bits per heavy atom. The van der Waals surface area contributed by atoms with E-state index in [0.717, 1.165) is 0 Å². The van der Waals surface area contributed by atoms with E-state index >= 15 is 0 Å². The van der Waals surface area contributed by atoms with E-state index in [2.05, 4.69) is 0 Å². The molecule has 1 unspecified atom stereocenters. The van der Waals surface area contributed by atoms with Crippen molar-refractivity contribution in [1.82, 2.24) is 0 Å². The molecule has 0 aromatic carbocycles. The fourth-order valence-electron chi connectivity index (χ4n) is 0.914. The molecule has 0 fully saturated rings. The zero-order valence-corrected chi connectivity index (χ0v) is 11.1. The van der Waals surface area contributed by atoms with Gasteiger partial charge in [0.05, 0.1) is 0 Å². The summed E-state index contributed by atoms with van der Waals surface area (Å²) >= 11 is 0. The second kappa shape index (κ2) is 6.19. The van der Waals surface area contributed by atoms with E-state index in [1.807, 2.05) is 0 Å². The molecule has 0 bridgehead atoms. The summed E-state index contributed by atoms with van der Waals surface area (Å²) in [6, 6.07) is 0. The van der Waals surface area contributed by atoms with E-state index in [4.69, 9.17) is 0 Å². The Labute approximate surface area is 130 Å². The molecule has 0 saturated heterocycles. The molecule has 0 radical (unpaired) electrons. The Morgan fingerprint density at radius 3 is 1.26 bits per heavy atom. The van der Waals surface area contributed by atoms with Crippen LogP contribution in [-0.4, -0.2) is 48.3 Å². The van der Waals surface area contributed by atoms with Crippen molar-refractivity contribution in [2.45, 2.75) is 35.4 Å². The first-order valence-electron chi connectivity index (χ1n) is 4.33. The largest absolute Gasteiger partial charge is 1.00 e. The van der Waals surface area contributed by atoms with Crippen LogP contribution in [0.1, 0.15) is 0 Å². The maximum Gasteiger partial charge on any atom is 1.00 e. The van der Waals surface area contributed by atoms with E-state index in [-0.39, 0.29) is 18.9 Å². The molecule has 17 heteroatoms. The van der Waals surface area contributed by atoms with Crippen LogP contribution in [0.15, 0.2) is 0 Å². The summed E-state index contributed by atoms with van der Waals surface area (Å²) in [5.74, 6) is -23.2. The number of hydrogen-bond acceptors (Lipinski definition) is 3. The summed E-state index contributed by atoms with van der Waals surface area (Å²) in [6.07, 6.45) is -12.9. The Hall–Kier alpha value is -0.333. The fourth-order valence-corrected chi connectivity index (χ4v) is 1.36. The third-order valence-corrected chi connectivity index (χ3v) is 2.98. The van der Waals surface area contributed by atoms with Gasteiger partial charge in [0.15, 0.2) is 10.1 Å². The van der Waals surface area contributed by atoms with Crippen molar-refractivity contribution in [3.05, 3.63) is 0 Å². The second-order valence-electron chi connectivity index (χ2n) is 3.65. The van der Waals surface area contributed by atoms with E-state index in [1.54, 1.807) is 0 Å². The molecule has 0 heterocycles. The van der Waals surface area contributed by atoms with Gasteiger partial charge in [-0.25, -0.2) is 12.8 Å². The van der Waals surface area contributed by atoms with Crippen molar-refractivity contribution >= 4 is 10.1 Å². The molecule has 0 amide bonds. The molecule has 0 aliphatic rings. The average molecular weight is 388 g/mol. The second-order valence-corrected chi connectivity index (χ2v) is 5.07. The maximum atomic E-state index is 12.7. The van der Waals surface area contributed by atoms with Crippen LogP contribution < -0.4 is 18.9 Å². The van der Waals surface area contributed by atoms with Crippen LogP contribution in [0, 0.1) is 0 Å². The average Bonchev–Trinajstić information content (AvgIpc) is 2.24. The van der Waals surface area contributed by atoms with Gasteiger partial charge in [0.1, 0.15) is 0 Å². The third kappa shape index (κ3) is 3.69. The van der Waals surface area contributed by atoms with Crippen molar-refractivity contribution in [1.29, 1.82) is 0 Å². The van der Waals surface area contributed by atoms with Crippen molar-refractivity contribution in [3.8, 4) is 0 Å². The molecule has 23 heavy (non-hydrogen) atoms. The van der Waals surface area contributed by atoms with Crippen molar-refractivity contribution in [2.24, 2.45) is 0 Å². The molecule has 3 nitrogen and oxygen atoms in total. The molecular weight excluding hydrogens is 387 g/mol. The zero-order chi connectivity index (χ0) is 18.6. The normalized spacial score (nSPS) is 16.7. The van der Waals surface area contributed by atoms with Crippen molar-refractivity contribution in [2.75, 3.05) is 0 Å². The smallest absolute Gasteiger partial charge is 0.743 e. The van der Waals surface area contributed by atoms with E-state index in [0.29, 0.717) is 0 Å². The molecule has 1 atom stereocenters. The summed E-state index contributed by atoms with van der Waals surface area (Å²) < 4.78 is 177. The van der Waals surface area contributed by atoms with Crippen molar-refractivity contribution < 1.29 is 84.5 Å². The molecule has 0 aliphatic heterocycles. The Balaban J connectivity index is 0. The molecule has 0 aliphatic carbocycles. The molecule has 0 saturated carbocycles. The number of rotatable bonds is 5. The first kappa shape index (κ1) is 24.9. The van der Waals surface area contributed by atoms with Crippen LogP contribution in [-0.2, 0) is 10.1 Å². The molecular formula is C6HF12LiO3S. The summed E-state index contributed by atoms with van der Waals surface area (Å²) in [5.41, 5.74) is 0. The van der Waals surface area contributed by atoms with E-state index < -0.39 is 45.5 Å². The molecule has 134 valence electrons. The van der Waals surface area contributed by atoms with Crippen molar-refractivity contribution in [3.63, 3.8) is 0 Å². The minimum Gasteiger partial charge on any atom is -0.743 e. The van der Waals surface area contributed by atoms with Crippen LogP contribution >= 0.6 is 0 Å². The summed E-state index contributed by atoms with van der Waals surface area (Å²) in [5, 5.41) is -7.45. The van der Waals surface area contributed by atoms with Gasteiger partial charge in [0, 0.05) is 0 Å². The Morgan fingerprint density at radius 1 is 0.739 bits per heavy atom. The number of halogens is 12. The molecule has 0 aromatic heterocycles. The minimum absolute atomic E-state index is 0. The first-order valence-corrected chi connectivity index (χ1v) is 5.74. The first-order chi connectivity index (χ1) is 9.15. The van der Waals surface area contributed by atoms with Crippen LogP contribution in [0.4, 0.5) is 52.7 Å². The third-order valence-electron chi connectivity index (χ3n) is 2.10.